The maximum absolute atomic E-state index is 13.4. The Balaban J connectivity index is 1.47. The highest BCUT2D eigenvalue weighted by Gasteiger charge is 2.51. The number of alkyl halides is 3. The number of likely N-dealkylation sites (tertiary alicyclic amines) is 1. The van der Waals surface area contributed by atoms with Crippen LogP contribution in [0.5, 0.6) is 5.75 Å². The Morgan fingerprint density at radius 2 is 1.86 bits per heavy atom. The summed E-state index contributed by atoms with van der Waals surface area (Å²) in [5.74, 6) is 0.955. The molecule has 4 rings (SSSR count). The minimum Gasteiger partial charge on any atom is -0.490 e. The van der Waals surface area contributed by atoms with Crippen LogP contribution in [-0.2, 0) is 11.0 Å². The number of aromatic nitrogens is 1. The summed E-state index contributed by atoms with van der Waals surface area (Å²) in [4.78, 5) is 24.4. The summed E-state index contributed by atoms with van der Waals surface area (Å²) in [5, 5.41) is 3.03. The summed E-state index contributed by atoms with van der Waals surface area (Å²) in [6.07, 6.45) is 0.224. The third-order valence-electron chi connectivity index (χ3n) is 6.60. The third-order valence-corrected chi connectivity index (χ3v) is 6.60. The number of rotatable bonds is 8. The second kappa shape index (κ2) is 10.9. The van der Waals surface area contributed by atoms with Gasteiger partial charge in [0.2, 0.25) is 5.91 Å². The summed E-state index contributed by atoms with van der Waals surface area (Å²) < 4.78 is 45.9. The normalized spacial score (nSPS) is 18.3. The number of nitrogens with zero attached hydrogens (tertiary/aromatic N) is 3. The van der Waals surface area contributed by atoms with E-state index in [2.05, 4.69) is 29.0 Å². The van der Waals surface area contributed by atoms with Crippen LogP contribution in [0.4, 0.5) is 13.2 Å². The van der Waals surface area contributed by atoms with Crippen LogP contribution < -0.4 is 10.1 Å². The van der Waals surface area contributed by atoms with Gasteiger partial charge in [-0.25, -0.2) is 4.99 Å². The largest absolute Gasteiger partial charge is 0.490 e. The molecule has 1 amide bonds. The summed E-state index contributed by atoms with van der Waals surface area (Å²) in [5.41, 5.74) is -0.856. The van der Waals surface area contributed by atoms with E-state index in [4.69, 9.17) is 9.73 Å². The maximum Gasteiger partial charge on any atom is 0.419 e. The van der Waals surface area contributed by atoms with E-state index in [9.17, 15) is 18.0 Å². The second-order valence-corrected chi connectivity index (χ2v) is 9.92. The van der Waals surface area contributed by atoms with Crippen LogP contribution in [0.3, 0.4) is 0 Å². The van der Waals surface area contributed by atoms with Crippen molar-refractivity contribution in [1.29, 1.82) is 0 Å². The van der Waals surface area contributed by atoms with Crippen LogP contribution in [0, 0.1) is 5.92 Å². The molecule has 9 heteroatoms. The Morgan fingerprint density at radius 1 is 1.17 bits per heavy atom. The Hall–Kier alpha value is -3.10. The molecule has 1 aromatic carbocycles. The van der Waals surface area contributed by atoms with Crippen molar-refractivity contribution in [2.75, 3.05) is 19.6 Å². The van der Waals surface area contributed by atoms with E-state index in [1.54, 1.807) is 12.3 Å². The van der Waals surface area contributed by atoms with Gasteiger partial charge in [-0.05, 0) is 49.4 Å². The highest BCUT2D eigenvalue weighted by atomic mass is 19.4. The first-order chi connectivity index (χ1) is 17.2. The van der Waals surface area contributed by atoms with Gasteiger partial charge in [0.1, 0.15) is 23.1 Å². The van der Waals surface area contributed by atoms with Crippen molar-refractivity contribution in [3.8, 4) is 5.75 Å². The van der Waals surface area contributed by atoms with E-state index in [1.807, 2.05) is 18.2 Å². The van der Waals surface area contributed by atoms with Crippen molar-refractivity contribution in [3.63, 3.8) is 0 Å². The van der Waals surface area contributed by atoms with Crippen LogP contribution in [0.1, 0.15) is 57.2 Å². The van der Waals surface area contributed by atoms with Crippen LogP contribution in [0.25, 0.3) is 0 Å². The highest BCUT2D eigenvalue weighted by Crippen LogP contribution is 2.41. The summed E-state index contributed by atoms with van der Waals surface area (Å²) in [6, 6.07) is 10.9. The van der Waals surface area contributed by atoms with Gasteiger partial charge in [-0.2, -0.15) is 13.2 Å². The zero-order chi connectivity index (χ0) is 25.8. The lowest BCUT2D eigenvalue weighted by Gasteiger charge is -2.35. The molecular formula is C27H33F3N4O2. The fraction of sp³-hybridized carbons (Fsp3) is 0.519. The predicted octanol–water partition coefficient (Wildman–Crippen LogP) is 5.09. The van der Waals surface area contributed by atoms with Gasteiger partial charge in [0, 0.05) is 38.7 Å². The number of ether oxygens (including phenoxy) is 1. The SMILES string of the molecule is CC(C)CCNC(=O)C1(N=C(c2ccccn2)N2CCC(Oc3ccccc3C(F)(F)F)CC2)CC1. The first kappa shape index (κ1) is 26.0. The number of carbonyl (C=O) groups is 1. The van der Waals surface area contributed by atoms with Crippen LogP contribution in [-0.4, -0.2) is 52.9 Å². The smallest absolute Gasteiger partial charge is 0.419 e. The van der Waals surface area contributed by atoms with E-state index in [0.717, 1.165) is 12.5 Å². The lowest BCUT2D eigenvalue weighted by molar-refractivity contribution is -0.139. The summed E-state index contributed by atoms with van der Waals surface area (Å²) >= 11 is 0. The van der Waals surface area contributed by atoms with Crippen molar-refractivity contribution in [2.45, 2.75) is 63.8 Å². The number of carbonyl (C=O) groups excluding carboxylic acids is 1. The van der Waals surface area contributed by atoms with Crippen molar-refractivity contribution < 1.29 is 22.7 Å². The van der Waals surface area contributed by atoms with E-state index in [1.165, 1.54) is 12.1 Å². The van der Waals surface area contributed by atoms with Gasteiger partial charge in [-0.1, -0.05) is 32.0 Å². The third kappa shape index (κ3) is 6.36. The Bertz CT molecular complexity index is 1060. The summed E-state index contributed by atoms with van der Waals surface area (Å²) in [7, 11) is 0. The fourth-order valence-electron chi connectivity index (χ4n) is 4.30. The van der Waals surface area contributed by atoms with Gasteiger partial charge in [-0.15, -0.1) is 0 Å². The standard InChI is InChI=1S/C27H33F3N4O2/c1-19(2)10-16-32-25(35)26(13-14-26)33-24(22-8-5-6-15-31-22)34-17-11-20(12-18-34)36-23-9-4-3-7-21(23)27(28,29)30/h3-9,15,19-20H,10-14,16-18H2,1-2H3,(H,32,35). The lowest BCUT2D eigenvalue weighted by atomic mass is 10.1. The zero-order valence-electron chi connectivity index (χ0n) is 20.7. The lowest BCUT2D eigenvalue weighted by Crippen LogP contribution is -2.44. The van der Waals surface area contributed by atoms with Gasteiger partial charge < -0.3 is 15.0 Å². The van der Waals surface area contributed by atoms with E-state index in [-0.39, 0.29) is 17.8 Å². The molecule has 6 nitrogen and oxygen atoms in total. The molecule has 2 aromatic rings. The van der Waals surface area contributed by atoms with Crippen molar-refractivity contribution in [2.24, 2.45) is 10.9 Å². The minimum atomic E-state index is -4.47. The molecule has 1 aliphatic carbocycles. The van der Waals surface area contributed by atoms with E-state index >= 15 is 0 Å². The van der Waals surface area contributed by atoms with Crippen LogP contribution >= 0.6 is 0 Å². The number of hydrogen-bond donors (Lipinski definition) is 1. The monoisotopic (exact) mass is 502 g/mol. The molecular weight excluding hydrogens is 469 g/mol. The Labute approximate surface area is 210 Å². The molecule has 0 unspecified atom stereocenters. The number of benzene rings is 1. The van der Waals surface area contributed by atoms with E-state index in [0.29, 0.717) is 62.8 Å². The number of amides is 1. The summed E-state index contributed by atoms with van der Waals surface area (Å²) in [6.45, 7) is 5.93. The number of nitrogens with one attached hydrogen (secondary N) is 1. The molecule has 194 valence electrons. The molecule has 2 fully saturated rings. The quantitative estimate of drug-likeness (QED) is 0.404. The number of hydrogen-bond acceptors (Lipinski definition) is 4. The topological polar surface area (TPSA) is 66.8 Å². The molecule has 1 aliphatic heterocycles. The van der Waals surface area contributed by atoms with Crippen LogP contribution in [0.2, 0.25) is 0 Å². The number of pyridine rings is 1. The number of para-hydroxylation sites is 1. The number of piperidine rings is 1. The first-order valence-electron chi connectivity index (χ1n) is 12.6. The number of halogens is 3. The molecule has 36 heavy (non-hydrogen) atoms. The van der Waals surface area contributed by atoms with Crippen LogP contribution in [0.15, 0.2) is 53.7 Å². The Kier molecular flexibility index (Phi) is 7.85. The molecule has 0 radical (unpaired) electrons. The predicted molar refractivity (Wildman–Crippen MR) is 132 cm³/mol. The van der Waals surface area contributed by atoms with Gasteiger partial charge in [0.05, 0.1) is 5.56 Å². The fourth-order valence-corrected chi connectivity index (χ4v) is 4.30. The molecule has 2 heterocycles. The zero-order valence-corrected chi connectivity index (χ0v) is 20.7. The average molecular weight is 503 g/mol. The molecule has 1 saturated heterocycles. The molecule has 0 bridgehead atoms. The average Bonchev–Trinajstić information content (AvgIpc) is 3.64. The minimum absolute atomic E-state index is 0.0569. The second-order valence-electron chi connectivity index (χ2n) is 9.92. The first-order valence-corrected chi connectivity index (χ1v) is 12.6. The van der Waals surface area contributed by atoms with Gasteiger partial charge in [-0.3, -0.25) is 9.78 Å². The van der Waals surface area contributed by atoms with Gasteiger partial charge in [0.15, 0.2) is 5.84 Å². The molecule has 1 saturated carbocycles. The molecule has 1 N–H and O–H groups in total. The number of amidine groups is 1. The maximum atomic E-state index is 13.4. The number of aliphatic imine (C=N–C) groups is 1. The highest BCUT2D eigenvalue weighted by molar-refractivity contribution is 6.01. The Morgan fingerprint density at radius 3 is 2.47 bits per heavy atom. The van der Waals surface area contributed by atoms with Crippen molar-refractivity contribution in [3.05, 3.63) is 59.9 Å². The molecule has 0 atom stereocenters. The molecule has 2 aliphatic rings. The van der Waals surface area contributed by atoms with Crippen molar-refractivity contribution in [1.82, 2.24) is 15.2 Å². The van der Waals surface area contributed by atoms with Gasteiger partial charge in [0.25, 0.3) is 0 Å². The molecule has 0 spiro atoms. The van der Waals surface area contributed by atoms with Crippen molar-refractivity contribution >= 4 is 11.7 Å². The molecule has 1 aromatic heterocycles. The van der Waals surface area contributed by atoms with Gasteiger partial charge >= 0.3 is 6.18 Å². The van der Waals surface area contributed by atoms with E-state index < -0.39 is 17.3 Å².